The number of carbonyl (C=O) groups excluding carboxylic acids is 1. The van der Waals surface area contributed by atoms with Gasteiger partial charge in [-0.25, -0.2) is 9.18 Å². The molecule has 0 radical (unpaired) electrons. The molecule has 2 rings (SSSR count). The van der Waals surface area contributed by atoms with Gasteiger partial charge in [-0.05, 0) is 36.2 Å². The van der Waals surface area contributed by atoms with Gasteiger partial charge < -0.3 is 4.74 Å². The Morgan fingerprint density at radius 3 is 2.65 bits per heavy atom. The lowest BCUT2D eigenvalue weighted by Gasteiger charge is -2.07. The molecule has 0 aromatic heterocycles. The predicted molar refractivity (Wildman–Crippen MR) is 78.5 cm³/mol. The first-order chi connectivity index (χ1) is 9.61. The second-order valence-corrected chi connectivity index (χ2v) is 5.38. The van der Waals surface area contributed by atoms with Gasteiger partial charge in [-0.1, -0.05) is 24.3 Å². The summed E-state index contributed by atoms with van der Waals surface area (Å²) in [7, 11) is 1.24. The lowest BCUT2D eigenvalue weighted by atomic mass is 10.1. The fourth-order valence-electron chi connectivity index (χ4n) is 1.80. The Bertz CT molecular complexity index is 626. The van der Waals surface area contributed by atoms with Crippen molar-refractivity contribution in [2.24, 2.45) is 0 Å². The molecule has 2 aromatic rings. The van der Waals surface area contributed by atoms with Gasteiger partial charge >= 0.3 is 5.97 Å². The number of rotatable bonds is 4. The summed E-state index contributed by atoms with van der Waals surface area (Å²) in [5, 5.41) is 0. The summed E-state index contributed by atoms with van der Waals surface area (Å²) in [5.74, 6) is -0.538. The minimum Gasteiger partial charge on any atom is -0.465 e. The van der Waals surface area contributed by atoms with E-state index < -0.39 is 11.8 Å². The zero-order chi connectivity index (χ0) is 14.5. The molecular weight excluding hydrogens is 275 g/mol. The van der Waals surface area contributed by atoms with E-state index in [4.69, 9.17) is 0 Å². The first-order valence-corrected chi connectivity index (χ1v) is 7.15. The fourth-order valence-corrected chi connectivity index (χ4v) is 2.78. The van der Waals surface area contributed by atoms with Gasteiger partial charge in [0.1, 0.15) is 5.82 Å². The van der Waals surface area contributed by atoms with Crippen molar-refractivity contribution in [1.29, 1.82) is 0 Å². The van der Waals surface area contributed by atoms with Gasteiger partial charge in [0.25, 0.3) is 0 Å². The molecule has 0 N–H and O–H groups in total. The van der Waals surface area contributed by atoms with Crippen LogP contribution in [0.25, 0.3) is 0 Å². The first-order valence-electron chi connectivity index (χ1n) is 6.17. The maximum atomic E-state index is 13.8. The maximum Gasteiger partial charge on any atom is 0.340 e. The van der Waals surface area contributed by atoms with E-state index >= 15 is 0 Å². The molecule has 104 valence electrons. The maximum absolute atomic E-state index is 13.8. The highest BCUT2D eigenvalue weighted by molar-refractivity contribution is 7.98. The second-order valence-electron chi connectivity index (χ2n) is 4.36. The van der Waals surface area contributed by atoms with Gasteiger partial charge in [0.15, 0.2) is 0 Å². The van der Waals surface area contributed by atoms with Crippen LogP contribution in [0, 0.1) is 12.7 Å². The van der Waals surface area contributed by atoms with Gasteiger partial charge in [-0.3, -0.25) is 0 Å². The highest BCUT2D eigenvalue weighted by Crippen LogP contribution is 2.26. The molecule has 0 bridgehead atoms. The van der Waals surface area contributed by atoms with Crippen molar-refractivity contribution >= 4 is 17.7 Å². The number of hydrogen-bond donors (Lipinski definition) is 0. The van der Waals surface area contributed by atoms with Crippen LogP contribution >= 0.6 is 11.8 Å². The Balaban J connectivity index is 2.10. The van der Waals surface area contributed by atoms with Crippen molar-refractivity contribution in [2.45, 2.75) is 17.6 Å². The Kier molecular flexibility index (Phi) is 4.79. The van der Waals surface area contributed by atoms with Crippen LogP contribution in [-0.4, -0.2) is 13.1 Å². The molecule has 0 amide bonds. The van der Waals surface area contributed by atoms with Crippen LogP contribution in [0.2, 0.25) is 0 Å². The van der Waals surface area contributed by atoms with Crippen LogP contribution in [0.1, 0.15) is 21.5 Å². The molecule has 2 aromatic carbocycles. The lowest BCUT2D eigenvalue weighted by Crippen LogP contribution is -2.04. The molecule has 0 unspecified atom stereocenters. The summed E-state index contributed by atoms with van der Waals surface area (Å²) in [6.45, 7) is 2.04. The minimum atomic E-state index is -0.652. The van der Waals surface area contributed by atoms with Crippen molar-refractivity contribution in [1.82, 2.24) is 0 Å². The molecular formula is C16H15FO2S. The van der Waals surface area contributed by atoms with E-state index in [0.29, 0.717) is 5.75 Å². The Morgan fingerprint density at radius 1 is 1.25 bits per heavy atom. The van der Waals surface area contributed by atoms with Crippen molar-refractivity contribution in [2.75, 3.05) is 7.11 Å². The quantitative estimate of drug-likeness (QED) is 0.623. The van der Waals surface area contributed by atoms with Crippen molar-refractivity contribution in [3.63, 3.8) is 0 Å². The number of methoxy groups -OCH3 is 1. The SMILES string of the molecule is COC(=O)c1ccc(CSc2ccccc2C)cc1F. The summed E-state index contributed by atoms with van der Waals surface area (Å²) in [4.78, 5) is 12.5. The van der Waals surface area contributed by atoms with Crippen LogP contribution < -0.4 is 0 Å². The molecule has 0 saturated heterocycles. The molecule has 0 heterocycles. The Labute approximate surface area is 122 Å². The van der Waals surface area contributed by atoms with Crippen molar-refractivity contribution < 1.29 is 13.9 Å². The number of thioether (sulfide) groups is 1. The van der Waals surface area contributed by atoms with Crippen LogP contribution in [0.4, 0.5) is 4.39 Å². The number of carbonyl (C=O) groups is 1. The van der Waals surface area contributed by atoms with Crippen LogP contribution in [-0.2, 0) is 10.5 Å². The monoisotopic (exact) mass is 290 g/mol. The largest absolute Gasteiger partial charge is 0.465 e. The zero-order valence-electron chi connectivity index (χ0n) is 11.4. The molecule has 0 saturated carbocycles. The Morgan fingerprint density at radius 2 is 2.00 bits per heavy atom. The zero-order valence-corrected chi connectivity index (χ0v) is 12.2. The van der Waals surface area contributed by atoms with E-state index in [0.717, 1.165) is 5.56 Å². The van der Waals surface area contributed by atoms with Gasteiger partial charge in [0, 0.05) is 10.6 Å². The summed E-state index contributed by atoms with van der Waals surface area (Å²) in [6, 6.07) is 12.7. The Hall–Kier alpha value is -1.81. The highest BCUT2D eigenvalue weighted by atomic mass is 32.2. The van der Waals surface area contributed by atoms with Gasteiger partial charge in [-0.15, -0.1) is 11.8 Å². The van der Waals surface area contributed by atoms with Gasteiger partial charge in [0.05, 0.1) is 12.7 Å². The van der Waals surface area contributed by atoms with Crippen LogP contribution in [0.15, 0.2) is 47.4 Å². The van der Waals surface area contributed by atoms with Crippen LogP contribution in [0.5, 0.6) is 0 Å². The average Bonchev–Trinajstić information content (AvgIpc) is 2.46. The standard InChI is InChI=1S/C16H15FO2S/c1-11-5-3-4-6-15(11)20-10-12-7-8-13(14(17)9-12)16(18)19-2/h3-9H,10H2,1-2H3. The number of hydrogen-bond acceptors (Lipinski definition) is 3. The van der Waals surface area contributed by atoms with Crippen molar-refractivity contribution in [3.8, 4) is 0 Å². The molecule has 0 spiro atoms. The van der Waals surface area contributed by atoms with E-state index in [1.165, 1.54) is 29.7 Å². The average molecular weight is 290 g/mol. The lowest BCUT2D eigenvalue weighted by molar-refractivity contribution is 0.0595. The summed E-state index contributed by atoms with van der Waals surface area (Å²) in [5.41, 5.74) is 2.00. The third kappa shape index (κ3) is 3.39. The molecule has 0 aliphatic rings. The molecule has 0 aliphatic heterocycles. The van der Waals surface area contributed by atoms with Gasteiger partial charge in [-0.2, -0.15) is 0 Å². The number of halogens is 1. The fraction of sp³-hybridized carbons (Fsp3) is 0.188. The van der Waals surface area contributed by atoms with E-state index in [-0.39, 0.29) is 5.56 Å². The molecule has 0 atom stereocenters. The number of benzene rings is 2. The number of esters is 1. The molecule has 0 fully saturated rings. The normalized spacial score (nSPS) is 10.3. The number of ether oxygens (including phenoxy) is 1. The van der Waals surface area contributed by atoms with E-state index in [2.05, 4.69) is 4.74 Å². The van der Waals surface area contributed by atoms with Crippen LogP contribution in [0.3, 0.4) is 0 Å². The summed E-state index contributed by atoms with van der Waals surface area (Å²) < 4.78 is 18.3. The second kappa shape index (κ2) is 6.57. The highest BCUT2D eigenvalue weighted by Gasteiger charge is 2.12. The van der Waals surface area contributed by atoms with Crippen molar-refractivity contribution in [3.05, 3.63) is 65.0 Å². The van der Waals surface area contributed by atoms with E-state index in [1.807, 2.05) is 31.2 Å². The third-order valence-electron chi connectivity index (χ3n) is 2.93. The minimum absolute atomic E-state index is 0.0304. The summed E-state index contributed by atoms with van der Waals surface area (Å²) >= 11 is 1.65. The molecule has 4 heteroatoms. The third-order valence-corrected chi connectivity index (χ3v) is 4.17. The van der Waals surface area contributed by atoms with E-state index in [1.54, 1.807) is 17.8 Å². The molecule has 2 nitrogen and oxygen atoms in total. The smallest absolute Gasteiger partial charge is 0.340 e. The van der Waals surface area contributed by atoms with Gasteiger partial charge in [0.2, 0.25) is 0 Å². The van der Waals surface area contributed by atoms with E-state index in [9.17, 15) is 9.18 Å². The molecule has 0 aliphatic carbocycles. The molecule has 20 heavy (non-hydrogen) atoms. The predicted octanol–water partition coefficient (Wildman–Crippen LogP) is 4.21. The first kappa shape index (κ1) is 14.6. The topological polar surface area (TPSA) is 26.3 Å². The number of aryl methyl sites for hydroxylation is 1. The summed E-state index contributed by atoms with van der Waals surface area (Å²) in [6.07, 6.45) is 0.